The second-order valence-corrected chi connectivity index (χ2v) is 8.81. The largest absolute Gasteiger partial charge is 0.507 e. The van der Waals surface area contributed by atoms with E-state index in [-0.39, 0.29) is 23.9 Å². The Labute approximate surface area is 188 Å². The van der Waals surface area contributed by atoms with E-state index < -0.39 is 0 Å². The van der Waals surface area contributed by atoms with Crippen molar-refractivity contribution in [3.63, 3.8) is 0 Å². The highest BCUT2D eigenvalue weighted by atomic mass is 16.5. The number of esters is 1. The molecule has 32 heavy (non-hydrogen) atoms. The molecule has 168 valence electrons. The van der Waals surface area contributed by atoms with Crippen molar-refractivity contribution in [2.24, 2.45) is 0 Å². The van der Waals surface area contributed by atoms with Gasteiger partial charge in [-0.25, -0.2) is 4.79 Å². The van der Waals surface area contributed by atoms with E-state index in [1.165, 1.54) is 12.5 Å². The molecule has 0 amide bonds. The zero-order valence-electron chi connectivity index (χ0n) is 18.5. The van der Waals surface area contributed by atoms with Crippen LogP contribution in [-0.2, 0) is 9.53 Å². The number of piperidine rings is 2. The van der Waals surface area contributed by atoms with Crippen LogP contribution in [0.4, 0.5) is 0 Å². The first-order valence-electron chi connectivity index (χ1n) is 11.3. The first-order chi connectivity index (χ1) is 15.6. The topological polar surface area (TPSA) is 68.2 Å². The molecule has 0 radical (unpaired) electrons. The van der Waals surface area contributed by atoms with E-state index in [0.717, 1.165) is 42.5 Å². The number of aromatic hydroxyl groups is 1. The van der Waals surface area contributed by atoms with Gasteiger partial charge in [0.15, 0.2) is 11.5 Å². The Hall–Kier alpha value is -2.99. The molecule has 0 aliphatic carbocycles. The van der Waals surface area contributed by atoms with Gasteiger partial charge in [-0.15, -0.1) is 0 Å². The molecule has 0 saturated carbocycles. The van der Waals surface area contributed by atoms with Crippen LogP contribution in [0.2, 0.25) is 0 Å². The van der Waals surface area contributed by atoms with E-state index in [2.05, 4.69) is 11.0 Å². The molecule has 0 spiro atoms. The number of fused-ring (bicyclic) bond motifs is 9. The summed E-state index contributed by atoms with van der Waals surface area (Å²) >= 11 is 0. The Balaban J connectivity index is 1.78. The van der Waals surface area contributed by atoms with Gasteiger partial charge in [-0.2, -0.15) is 0 Å². The van der Waals surface area contributed by atoms with Crippen molar-refractivity contribution in [2.45, 2.75) is 50.3 Å². The van der Waals surface area contributed by atoms with Crippen LogP contribution in [0.25, 0.3) is 17.2 Å². The summed E-state index contributed by atoms with van der Waals surface area (Å²) in [6, 6.07) is 9.74. The summed E-state index contributed by atoms with van der Waals surface area (Å²) in [7, 11) is 3.25. The molecule has 3 aliphatic heterocycles. The van der Waals surface area contributed by atoms with Crippen LogP contribution in [-0.4, -0.2) is 48.9 Å². The first-order valence-corrected chi connectivity index (χ1v) is 11.3. The van der Waals surface area contributed by atoms with Crippen LogP contribution in [0, 0.1) is 0 Å². The number of benzene rings is 2. The molecule has 3 atom stereocenters. The fourth-order valence-electron chi connectivity index (χ4n) is 5.60. The molecule has 3 aliphatic rings. The highest BCUT2D eigenvalue weighted by molar-refractivity contribution is 5.89. The van der Waals surface area contributed by atoms with E-state index in [1.54, 1.807) is 32.4 Å². The predicted molar refractivity (Wildman–Crippen MR) is 122 cm³/mol. The van der Waals surface area contributed by atoms with Gasteiger partial charge in [-0.3, -0.25) is 4.90 Å². The number of methoxy groups -OCH3 is 2. The van der Waals surface area contributed by atoms with Crippen LogP contribution in [0.5, 0.6) is 17.2 Å². The third kappa shape index (κ3) is 3.62. The van der Waals surface area contributed by atoms with Crippen molar-refractivity contribution in [3.8, 4) is 28.4 Å². The number of carbonyl (C=O) groups is 1. The molecule has 6 nitrogen and oxygen atoms in total. The second kappa shape index (κ2) is 8.51. The van der Waals surface area contributed by atoms with Crippen LogP contribution in [0.15, 0.2) is 36.4 Å². The monoisotopic (exact) mass is 435 g/mol. The highest BCUT2D eigenvalue weighted by Crippen LogP contribution is 2.50. The third-order valence-electron chi connectivity index (χ3n) is 7.02. The van der Waals surface area contributed by atoms with Gasteiger partial charge in [0.05, 0.1) is 14.2 Å². The standard InChI is InChI=1S/C26H29NO5/c1-30-23-10-8-19-21-15-18(14-17-5-3-4-12-27(17)21)32-24(29)11-7-16-6-9-22(28)20(13-16)25(19)26(23)31-2/h6-11,13,17-18,21,28H,3-5,12,14-15H2,1-2H3. The van der Waals surface area contributed by atoms with E-state index >= 15 is 0 Å². The minimum atomic E-state index is -0.319. The summed E-state index contributed by atoms with van der Waals surface area (Å²) < 4.78 is 17.3. The average molecular weight is 436 g/mol. The van der Waals surface area contributed by atoms with Crippen molar-refractivity contribution in [1.82, 2.24) is 4.90 Å². The summed E-state index contributed by atoms with van der Waals surface area (Å²) in [6.07, 6.45) is 8.07. The van der Waals surface area contributed by atoms with Gasteiger partial charge in [0.2, 0.25) is 0 Å². The lowest BCUT2D eigenvalue weighted by Crippen LogP contribution is -2.49. The number of rotatable bonds is 2. The van der Waals surface area contributed by atoms with E-state index in [0.29, 0.717) is 29.5 Å². The van der Waals surface area contributed by atoms with Crippen LogP contribution >= 0.6 is 0 Å². The highest BCUT2D eigenvalue weighted by Gasteiger charge is 2.40. The maximum Gasteiger partial charge on any atom is 0.331 e. The maximum absolute atomic E-state index is 12.5. The molecule has 0 aromatic heterocycles. The van der Waals surface area contributed by atoms with Gasteiger partial charge in [-0.05, 0) is 54.8 Å². The van der Waals surface area contributed by atoms with Crippen LogP contribution in [0.1, 0.15) is 49.3 Å². The summed E-state index contributed by atoms with van der Waals surface area (Å²) in [5.74, 6) is 1.07. The third-order valence-corrected chi connectivity index (χ3v) is 7.02. The minimum Gasteiger partial charge on any atom is -0.507 e. The van der Waals surface area contributed by atoms with Crippen molar-refractivity contribution in [1.29, 1.82) is 0 Å². The molecular weight excluding hydrogens is 406 g/mol. The Morgan fingerprint density at radius 3 is 2.75 bits per heavy atom. The summed E-state index contributed by atoms with van der Waals surface area (Å²) in [4.78, 5) is 15.1. The normalized spacial score (nSPS) is 24.9. The predicted octanol–water partition coefficient (Wildman–Crippen LogP) is 4.70. The fraction of sp³-hybridized carbons (Fsp3) is 0.423. The van der Waals surface area contributed by atoms with Crippen molar-refractivity contribution in [3.05, 3.63) is 47.5 Å². The molecule has 2 aromatic rings. The van der Waals surface area contributed by atoms with Gasteiger partial charge in [-0.1, -0.05) is 18.6 Å². The lowest BCUT2D eigenvalue weighted by Gasteiger charge is -2.48. The minimum absolute atomic E-state index is 0.0492. The van der Waals surface area contributed by atoms with Crippen LogP contribution in [0.3, 0.4) is 0 Å². The average Bonchev–Trinajstić information content (AvgIpc) is 2.81. The van der Waals surface area contributed by atoms with E-state index in [1.807, 2.05) is 12.1 Å². The Bertz CT molecular complexity index is 1060. The van der Waals surface area contributed by atoms with E-state index in [4.69, 9.17) is 14.2 Å². The molecule has 3 unspecified atom stereocenters. The molecule has 3 heterocycles. The number of phenolic OH excluding ortho intramolecular Hbond substituents is 1. The number of ether oxygens (including phenoxy) is 3. The van der Waals surface area contributed by atoms with Gasteiger partial charge in [0.1, 0.15) is 11.9 Å². The van der Waals surface area contributed by atoms with Crippen LogP contribution < -0.4 is 9.47 Å². The SMILES string of the molecule is COc1ccc2c(c1OC)-c1cc(ccc1O)C=CC(=O)OC1CC3CCCCN3C2C1. The number of hydrogen-bond donors (Lipinski definition) is 1. The van der Waals surface area contributed by atoms with Crippen molar-refractivity contribution in [2.75, 3.05) is 20.8 Å². The van der Waals surface area contributed by atoms with Gasteiger partial charge < -0.3 is 19.3 Å². The second-order valence-electron chi connectivity index (χ2n) is 8.81. The molecule has 5 rings (SSSR count). The Morgan fingerprint density at radius 1 is 1.06 bits per heavy atom. The van der Waals surface area contributed by atoms with E-state index in [9.17, 15) is 9.90 Å². The number of carbonyl (C=O) groups excluding carboxylic acids is 1. The van der Waals surface area contributed by atoms with Gasteiger partial charge in [0, 0.05) is 42.1 Å². The quantitative estimate of drug-likeness (QED) is 0.690. The molecule has 4 bridgehead atoms. The first kappa shape index (κ1) is 20.9. The zero-order chi connectivity index (χ0) is 22.2. The molecule has 2 aromatic carbocycles. The zero-order valence-corrected chi connectivity index (χ0v) is 18.5. The molecular formula is C26H29NO5. The molecule has 1 N–H and O–H groups in total. The molecule has 6 heteroatoms. The van der Waals surface area contributed by atoms with Gasteiger partial charge >= 0.3 is 5.97 Å². The summed E-state index contributed by atoms with van der Waals surface area (Å²) in [6.45, 7) is 1.01. The Kier molecular flexibility index (Phi) is 5.55. The number of hydrogen-bond acceptors (Lipinski definition) is 6. The molecule has 2 fully saturated rings. The summed E-state index contributed by atoms with van der Waals surface area (Å²) in [5, 5.41) is 10.9. The molecule has 2 saturated heterocycles. The smallest absolute Gasteiger partial charge is 0.331 e. The number of phenols is 1. The lowest BCUT2D eigenvalue weighted by atomic mass is 9.81. The fourth-order valence-corrected chi connectivity index (χ4v) is 5.60. The van der Waals surface area contributed by atoms with Gasteiger partial charge in [0.25, 0.3) is 0 Å². The van der Waals surface area contributed by atoms with Crippen molar-refractivity contribution < 1.29 is 24.1 Å². The summed E-state index contributed by atoms with van der Waals surface area (Å²) in [5.41, 5.74) is 3.36. The maximum atomic E-state index is 12.5. The lowest BCUT2D eigenvalue weighted by molar-refractivity contribution is -0.148. The van der Waals surface area contributed by atoms with Crippen molar-refractivity contribution >= 4 is 12.0 Å². The Morgan fingerprint density at radius 2 is 1.94 bits per heavy atom. The number of nitrogens with zero attached hydrogens (tertiary/aromatic N) is 1.